The second-order valence-corrected chi connectivity index (χ2v) is 7.30. The van der Waals surface area contributed by atoms with Crippen molar-refractivity contribution >= 4 is 23.2 Å². The van der Waals surface area contributed by atoms with Crippen LogP contribution in [-0.2, 0) is 10.6 Å². The second kappa shape index (κ2) is 7.59. The number of hydrazone groups is 1. The summed E-state index contributed by atoms with van der Waals surface area (Å²) in [6.07, 6.45) is 6.34. The van der Waals surface area contributed by atoms with E-state index in [4.69, 9.17) is 10.5 Å². The van der Waals surface area contributed by atoms with Gasteiger partial charge in [0.05, 0.1) is 6.61 Å². The Morgan fingerprint density at radius 2 is 2.07 bits per heavy atom. The lowest BCUT2D eigenvalue weighted by Gasteiger charge is -2.33. The van der Waals surface area contributed by atoms with Gasteiger partial charge in [0.25, 0.3) is 5.85 Å². The van der Waals surface area contributed by atoms with Crippen molar-refractivity contribution in [3.8, 4) is 0 Å². The molecule has 4 atom stereocenters. The summed E-state index contributed by atoms with van der Waals surface area (Å²) in [6.45, 7) is -0.474. The molecule has 0 bridgehead atoms. The number of aromatic nitrogens is 4. The fourth-order valence-electron chi connectivity index (χ4n) is 3.91. The average molecular weight is 391 g/mol. The monoisotopic (exact) mass is 391 g/mol. The number of imidazole rings is 1. The number of hydrogen-bond donors (Lipinski definition) is 5. The van der Waals surface area contributed by atoms with Gasteiger partial charge in [-0.1, -0.05) is 19.3 Å². The molecule has 4 rings (SSSR count). The van der Waals surface area contributed by atoms with Gasteiger partial charge in [-0.3, -0.25) is 9.99 Å². The number of aliphatic hydroxyl groups is 3. The number of ether oxygens (including phenoxy) is 1. The Morgan fingerprint density at radius 3 is 2.79 bits per heavy atom. The Labute approximate surface area is 161 Å². The van der Waals surface area contributed by atoms with Gasteiger partial charge in [-0.05, 0) is 18.8 Å². The van der Waals surface area contributed by atoms with Crippen molar-refractivity contribution in [2.75, 3.05) is 12.3 Å². The van der Waals surface area contributed by atoms with E-state index in [0.29, 0.717) is 17.1 Å². The van der Waals surface area contributed by atoms with Crippen LogP contribution < -0.4 is 11.2 Å². The molecule has 1 saturated carbocycles. The smallest absolute Gasteiger partial charge is 0.270 e. The quantitative estimate of drug-likeness (QED) is 0.327. The zero-order valence-corrected chi connectivity index (χ0v) is 15.3. The van der Waals surface area contributed by atoms with E-state index in [1.807, 2.05) is 0 Å². The largest absolute Gasteiger partial charge is 0.394 e. The molecule has 2 aromatic rings. The highest BCUT2D eigenvalue weighted by molar-refractivity contribution is 5.81. The third kappa shape index (κ3) is 3.09. The number of nitrogens with one attached hydrogen (secondary N) is 1. The maximum atomic E-state index is 10.8. The number of hydrogen-bond acceptors (Lipinski definition) is 10. The van der Waals surface area contributed by atoms with E-state index in [9.17, 15) is 15.3 Å². The SMILES string of the molecule is Nc1ncnc2c1ncn2[C@]1(NN=CC2CCCCC2)O[C@H](CO)[C@@H](O)[C@H]1O. The van der Waals surface area contributed by atoms with Crippen molar-refractivity contribution in [2.45, 2.75) is 56.3 Å². The molecule has 2 aromatic heterocycles. The number of rotatable bonds is 5. The first-order chi connectivity index (χ1) is 13.6. The Bertz CT molecular complexity index is 853. The molecule has 1 aliphatic carbocycles. The zero-order chi connectivity index (χ0) is 19.7. The van der Waals surface area contributed by atoms with Crippen molar-refractivity contribution in [2.24, 2.45) is 11.0 Å². The van der Waals surface area contributed by atoms with E-state index in [1.165, 1.54) is 23.6 Å². The highest BCUT2D eigenvalue weighted by Gasteiger charge is 2.56. The molecule has 152 valence electrons. The van der Waals surface area contributed by atoms with Gasteiger partial charge < -0.3 is 25.8 Å². The zero-order valence-electron chi connectivity index (χ0n) is 15.3. The van der Waals surface area contributed by atoms with Gasteiger partial charge in [0, 0.05) is 6.21 Å². The van der Waals surface area contributed by atoms with Crippen LogP contribution in [0.25, 0.3) is 11.2 Å². The minimum Gasteiger partial charge on any atom is -0.394 e. The number of anilines is 1. The molecule has 3 heterocycles. The van der Waals surface area contributed by atoms with Gasteiger partial charge in [-0.15, -0.1) is 0 Å². The minimum absolute atomic E-state index is 0.177. The highest BCUT2D eigenvalue weighted by Crippen LogP contribution is 2.36. The summed E-state index contributed by atoms with van der Waals surface area (Å²) in [5.74, 6) is -1.18. The van der Waals surface area contributed by atoms with Gasteiger partial charge in [-0.2, -0.15) is 5.10 Å². The number of nitrogen functional groups attached to an aromatic ring is 1. The van der Waals surface area contributed by atoms with Gasteiger partial charge in [0.2, 0.25) is 0 Å². The Balaban J connectivity index is 1.71. The maximum absolute atomic E-state index is 10.8. The fourth-order valence-corrected chi connectivity index (χ4v) is 3.91. The predicted molar refractivity (Wildman–Crippen MR) is 99.9 cm³/mol. The van der Waals surface area contributed by atoms with E-state index in [2.05, 4.69) is 25.5 Å². The number of nitrogens with zero attached hydrogens (tertiary/aromatic N) is 5. The second-order valence-electron chi connectivity index (χ2n) is 7.30. The molecule has 6 N–H and O–H groups in total. The molecule has 0 radical (unpaired) electrons. The van der Waals surface area contributed by atoms with E-state index in [-0.39, 0.29) is 5.82 Å². The van der Waals surface area contributed by atoms with Crippen LogP contribution in [0.5, 0.6) is 0 Å². The first-order valence-electron chi connectivity index (χ1n) is 9.46. The molecular weight excluding hydrogens is 366 g/mol. The molecule has 2 aliphatic rings. The van der Waals surface area contributed by atoms with Crippen LogP contribution in [0.1, 0.15) is 32.1 Å². The standard InChI is InChI=1S/C17H25N7O4/c18-15-12-16(20-8-19-15)24(9-21-12)17(14(27)13(26)11(7-25)28-17)23-22-6-10-4-2-1-3-5-10/h6,8-11,13-14,23,25-27H,1-5,7H2,(H2,18,19,20)/t11-,13-,14-,17+/m1/s1. The fraction of sp³-hybridized carbons (Fsp3) is 0.647. The summed E-state index contributed by atoms with van der Waals surface area (Å²) in [6, 6.07) is 0. The van der Waals surface area contributed by atoms with Crippen LogP contribution in [0.2, 0.25) is 0 Å². The van der Waals surface area contributed by atoms with Crippen LogP contribution in [-0.4, -0.2) is 66.0 Å². The molecule has 11 nitrogen and oxygen atoms in total. The van der Waals surface area contributed by atoms with Crippen LogP contribution in [0.4, 0.5) is 5.82 Å². The predicted octanol–water partition coefficient (Wildman–Crippen LogP) is -0.713. The van der Waals surface area contributed by atoms with Gasteiger partial charge >= 0.3 is 0 Å². The lowest BCUT2D eigenvalue weighted by molar-refractivity contribution is -0.167. The van der Waals surface area contributed by atoms with Crippen LogP contribution in [0.3, 0.4) is 0 Å². The van der Waals surface area contributed by atoms with Crippen molar-refractivity contribution in [1.82, 2.24) is 24.9 Å². The molecule has 11 heteroatoms. The molecule has 2 fully saturated rings. The number of fused-ring (bicyclic) bond motifs is 1. The van der Waals surface area contributed by atoms with E-state index < -0.39 is 30.8 Å². The lowest BCUT2D eigenvalue weighted by Crippen LogP contribution is -2.54. The third-order valence-corrected chi connectivity index (χ3v) is 5.50. The molecular formula is C17H25N7O4. The molecule has 28 heavy (non-hydrogen) atoms. The lowest BCUT2D eigenvalue weighted by atomic mass is 9.90. The van der Waals surface area contributed by atoms with Crippen molar-refractivity contribution < 1.29 is 20.1 Å². The summed E-state index contributed by atoms with van der Waals surface area (Å²) >= 11 is 0. The Kier molecular flexibility index (Phi) is 5.15. The molecule has 1 saturated heterocycles. The van der Waals surface area contributed by atoms with Gasteiger partial charge in [-0.25, -0.2) is 15.0 Å². The summed E-state index contributed by atoms with van der Waals surface area (Å²) in [7, 11) is 0. The van der Waals surface area contributed by atoms with E-state index in [1.54, 1.807) is 6.21 Å². The van der Waals surface area contributed by atoms with Crippen molar-refractivity contribution in [1.29, 1.82) is 0 Å². The minimum atomic E-state index is -1.70. The Morgan fingerprint density at radius 1 is 1.29 bits per heavy atom. The van der Waals surface area contributed by atoms with Crippen LogP contribution in [0, 0.1) is 5.92 Å². The first kappa shape index (κ1) is 19.0. The van der Waals surface area contributed by atoms with Crippen molar-refractivity contribution in [3.63, 3.8) is 0 Å². The molecule has 0 amide bonds. The molecule has 0 unspecified atom stereocenters. The van der Waals surface area contributed by atoms with Crippen molar-refractivity contribution in [3.05, 3.63) is 12.7 Å². The number of nitrogens with two attached hydrogens (primary N) is 1. The molecule has 1 aliphatic heterocycles. The summed E-state index contributed by atoms with van der Waals surface area (Å²) < 4.78 is 7.27. The summed E-state index contributed by atoms with van der Waals surface area (Å²) in [4.78, 5) is 12.3. The Hall–Kier alpha value is -2.34. The normalized spacial score (nSPS) is 31.8. The average Bonchev–Trinajstić information content (AvgIpc) is 3.25. The topological polar surface area (TPSA) is 164 Å². The van der Waals surface area contributed by atoms with Crippen LogP contribution in [0.15, 0.2) is 17.8 Å². The van der Waals surface area contributed by atoms with Gasteiger partial charge in [0.1, 0.15) is 30.4 Å². The third-order valence-electron chi connectivity index (χ3n) is 5.50. The summed E-state index contributed by atoms with van der Waals surface area (Å²) in [5.41, 5.74) is 9.34. The first-order valence-corrected chi connectivity index (χ1v) is 9.46. The van der Waals surface area contributed by atoms with E-state index >= 15 is 0 Å². The summed E-state index contributed by atoms with van der Waals surface area (Å²) in [5, 5.41) is 35.0. The van der Waals surface area contributed by atoms with Crippen LogP contribution >= 0.6 is 0 Å². The maximum Gasteiger partial charge on any atom is 0.270 e. The highest BCUT2D eigenvalue weighted by atomic mass is 16.6. The molecule has 0 aromatic carbocycles. The molecule has 0 spiro atoms. The van der Waals surface area contributed by atoms with Gasteiger partial charge in [0.15, 0.2) is 17.6 Å². The van der Waals surface area contributed by atoms with E-state index in [0.717, 1.165) is 25.7 Å². The number of aliphatic hydroxyl groups excluding tert-OH is 3.